The Hall–Kier alpha value is -1.72. The summed E-state index contributed by atoms with van der Waals surface area (Å²) in [6, 6.07) is 8.84. The van der Waals surface area contributed by atoms with Crippen LogP contribution in [0, 0.1) is 6.92 Å². The van der Waals surface area contributed by atoms with Gasteiger partial charge < -0.3 is 9.84 Å². The van der Waals surface area contributed by atoms with Gasteiger partial charge in [0.1, 0.15) is 0 Å². The van der Waals surface area contributed by atoms with E-state index in [9.17, 15) is 0 Å². The molecule has 0 unspecified atom stereocenters. The lowest BCUT2D eigenvalue weighted by atomic mass is 10.3. The average Bonchev–Trinajstić information content (AvgIpc) is 3.17. The minimum absolute atomic E-state index is 0.695. The molecule has 0 radical (unpaired) electrons. The molecule has 0 spiro atoms. The van der Waals surface area contributed by atoms with Gasteiger partial charge in [-0.25, -0.2) is 0 Å². The molecule has 3 rings (SSSR count). The molecule has 0 aliphatic heterocycles. The molecular weight excluding hydrogens is 264 g/mol. The zero-order chi connectivity index (χ0) is 14.7. The van der Waals surface area contributed by atoms with Crippen LogP contribution in [0.5, 0.6) is 0 Å². The van der Waals surface area contributed by atoms with Crippen LogP contribution in [0.1, 0.15) is 35.7 Å². The van der Waals surface area contributed by atoms with Crippen molar-refractivity contribution in [1.82, 2.24) is 20.4 Å². The molecule has 21 heavy (non-hydrogen) atoms. The van der Waals surface area contributed by atoms with Gasteiger partial charge in [-0.15, -0.1) is 0 Å². The molecule has 0 atom stereocenters. The van der Waals surface area contributed by atoms with Crippen LogP contribution in [0.2, 0.25) is 0 Å². The first-order valence-corrected chi connectivity index (χ1v) is 7.48. The van der Waals surface area contributed by atoms with Crippen molar-refractivity contribution in [3.63, 3.8) is 0 Å². The predicted octanol–water partition coefficient (Wildman–Crippen LogP) is 2.26. The fraction of sp³-hybridized carbons (Fsp3) is 0.500. The summed E-state index contributed by atoms with van der Waals surface area (Å²) in [4.78, 5) is 6.70. The Morgan fingerprint density at radius 3 is 2.90 bits per heavy atom. The Balaban J connectivity index is 1.50. The first kappa shape index (κ1) is 14.2. The monoisotopic (exact) mass is 286 g/mol. The van der Waals surface area contributed by atoms with E-state index in [-0.39, 0.29) is 0 Å². The Morgan fingerprint density at radius 1 is 1.29 bits per heavy atom. The summed E-state index contributed by atoms with van der Waals surface area (Å²) in [5.41, 5.74) is 3.11. The quantitative estimate of drug-likeness (QED) is 0.846. The third kappa shape index (κ3) is 4.37. The van der Waals surface area contributed by atoms with Gasteiger partial charge in [0.05, 0.1) is 17.9 Å². The molecule has 1 saturated carbocycles. The maximum absolute atomic E-state index is 5.40. The maximum Gasteiger partial charge on any atom is 0.151 e. The summed E-state index contributed by atoms with van der Waals surface area (Å²) in [6.45, 7) is 4.36. The molecule has 0 aromatic carbocycles. The topological polar surface area (TPSA) is 54.2 Å². The van der Waals surface area contributed by atoms with E-state index in [1.54, 1.807) is 0 Å². The van der Waals surface area contributed by atoms with E-state index in [4.69, 9.17) is 4.52 Å². The third-order valence-corrected chi connectivity index (χ3v) is 3.56. The second-order valence-electron chi connectivity index (χ2n) is 5.88. The molecule has 112 valence electrons. The van der Waals surface area contributed by atoms with Gasteiger partial charge >= 0.3 is 0 Å². The number of rotatable bonds is 7. The molecule has 5 nitrogen and oxygen atoms in total. The van der Waals surface area contributed by atoms with E-state index in [0.29, 0.717) is 6.04 Å². The summed E-state index contributed by atoms with van der Waals surface area (Å²) in [7, 11) is 2.06. The molecule has 5 heteroatoms. The van der Waals surface area contributed by atoms with Crippen LogP contribution < -0.4 is 5.32 Å². The van der Waals surface area contributed by atoms with E-state index < -0.39 is 0 Å². The van der Waals surface area contributed by atoms with Crippen molar-refractivity contribution in [3.05, 3.63) is 47.1 Å². The third-order valence-electron chi connectivity index (χ3n) is 3.56. The summed E-state index contributed by atoms with van der Waals surface area (Å²) in [5, 5.41) is 7.55. The number of hydrogen-bond donors (Lipinski definition) is 1. The van der Waals surface area contributed by atoms with Gasteiger partial charge in [0.25, 0.3) is 0 Å². The van der Waals surface area contributed by atoms with Crippen LogP contribution in [0.4, 0.5) is 0 Å². The van der Waals surface area contributed by atoms with E-state index in [0.717, 1.165) is 42.5 Å². The Labute approximate surface area is 125 Å². The number of hydrogen-bond acceptors (Lipinski definition) is 5. The van der Waals surface area contributed by atoms with Crippen LogP contribution in [0.15, 0.2) is 28.8 Å². The second-order valence-corrected chi connectivity index (χ2v) is 5.88. The van der Waals surface area contributed by atoms with E-state index in [2.05, 4.69) is 33.5 Å². The highest BCUT2D eigenvalue weighted by molar-refractivity contribution is 5.10. The smallest absolute Gasteiger partial charge is 0.151 e. The van der Waals surface area contributed by atoms with Gasteiger partial charge in [0, 0.05) is 30.9 Å². The second kappa shape index (κ2) is 6.37. The lowest BCUT2D eigenvalue weighted by molar-refractivity contribution is 0.263. The molecular formula is C16H22N4O. The van der Waals surface area contributed by atoms with Gasteiger partial charge in [0.2, 0.25) is 0 Å². The number of pyridine rings is 1. The van der Waals surface area contributed by atoms with Crippen LogP contribution in [-0.4, -0.2) is 28.1 Å². The van der Waals surface area contributed by atoms with Gasteiger partial charge in [-0.1, -0.05) is 11.2 Å². The zero-order valence-corrected chi connectivity index (χ0v) is 12.7. The van der Waals surface area contributed by atoms with Crippen molar-refractivity contribution >= 4 is 0 Å². The Morgan fingerprint density at radius 2 is 2.14 bits per heavy atom. The van der Waals surface area contributed by atoms with Crippen molar-refractivity contribution in [2.24, 2.45) is 0 Å². The molecule has 0 bridgehead atoms. The standard InChI is InChI=1S/C16H22N4O/c1-12-4-3-5-14(18-12)10-20(2)11-16-8-15(19-21-16)9-17-13-6-7-13/h3-5,8,13,17H,6-7,9-11H2,1-2H3. The van der Waals surface area contributed by atoms with Gasteiger partial charge in [0.15, 0.2) is 5.76 Å². The van der Waals surface area contributed by atoms with E-state index in [1.807, 2.05) is 25.1 Å². The molecule has 1 N–H and O–H groups in total. The molecule has 2 aromatic heterocycles. The lowest BCUT2D eigenvalue weighted by Crippen LogP contribution is -2.18. The maximum atomic E-state index is 5.40. The van der Waals surface area contributed by atoms with Crippen molar-refractivity contribution in [2.45, 2.75) is 45.4 Å². The van der Waals surface area contributed by atoms with E-state index >= 15 is 0 Å². The average molecular weight is 286 g/mol. The SMILES string of the molecule is Cc1cccc(CN(C)Cc2cc(CNC3CC3)no2)n1. The molecule has 2 aromatic rings. The minimum atomic E-state index is 0.695. The zero-order valence-electron chi connectivity index (χ0n) is 12.7. The first-order chi connectivity index (χ1) is 10.2. The fourth-order valence-corrected chi connectivity index (χ4v) is 2.34. The normalized spacial score (nSPS) is 14.8. The number of nitrogens with one attached hydrogen (secondary N) is 1. The molecule has 0 amide bonds. The number of nitrogens with zero attached hydrogens (tertiary/aromatic N) is 3. The van der Waals surface area contributed by atoms with Crippen LogP contribution >= 0.6 is 0 Å². The molecule has 0 saturated heterocycles. The van der Waals surface area contributed by atoms with Crippen LogP contribution in [0.3, 0.4) is 0 Å². The molecule has 1 aliphatic rings. The highest BCUT2D eigenvalue weighted by Crippen LogP contribution is 2.19. The largest absolute Gasteiger partial charge is 0.360 e. The van der Waals surface area contributed by atoms with E-state index in [1.165, 1.54) is 12.8 Å². The summed E-state index contributed by atoms with van der Waals surface area (Å²) >= 11 is 0. The fourth-order valence-electron chi connectivity index (χ4n) is 2.34. The number of aryl methyl sites for hydroxylation is 1. The Bertz CT molecular complexity index is 591. The van der Waals surface area contributed by atoms with Gasteiger partial charge in [-0.05, 0) is 38.9 Å². The summed E-state index contributed by atoms with van der Waals surface area (Å²) in [5.74, 6) is 0.901. The summed E-state index contributed by atoms with van der Waals surface area (Å²) < 4.78 is 5.40. The van der Waals surface area contributed by atoms with Crippen molar-refractivity contribution in [2.75, 3.05) is 7.05 Å². The number of aromatic nitrogens is 2. The Kier molecular flexibility index (Phi) is 4.31. The first-order valence-electron chi connectivity index (χ1n) is 7.48. The highest BCUT2D eigenvalue weighted by atomic mass is 16.5. The van der Waals surface area contributed by atoms with Crippen molar-refractivity contribution in [3.8, 4) is 0 Å². The predicted molar refractivity (Wildman–Crippen MR) is 80.5 cm³/mol. The molecule has 1 fully saturated rings. The van der Waals surface area contributed by atoms with Crippen molar-refractivity contribution < 1.29 is 4.52 Å². The van der Waals surface area contributed by atoms with Crippen molar-refractivity contribution in [1.29, 1.82) is 0 Å². The van der Waals surface area contributed by atoms with Crippen LogP contribution in [0.25, 0.3) is 0 Å². The summed E-state index contributed by atoms with van der Waals surface area (Å²) in [6.07, 6.45) is 2.58. The molecule has 2 heterocycles. The lowest BCUT2D eigenvalue weighted by Gasteiger charge is -2.14. The highest BCUT2D eigenvalue weighted by Gasteiger charge is 2.20. The van der Waals surface area contributed by atoms with Crippen LogP contribution in [-0.2, 0) is 19.6 Å². The minimum Gasteiger partial charge on any atom is -0.360 e. The molecule has 1 aliphatic carbocycles. The van der Waals surface area contributed by atoms with Gasteiger partial charge in [-0.2, -0.15) is 0 Å². The van der Waals surface area contributed by atoms with Gasteiger partial charge in [-0.3, -0.25) is 9.88 Å².